The van der Waals surface area contributed by atoms with E-state index in [4.69, 9.17) is 0 Å². The first-order chi connectivity index (χ1) is 7.04. The minimum absolute atomic E-state index is 0.0127. The van der Waals surface area contributed by atoms with Crippen LogP contribution < -0.4 is 0 Å². The first-order valence-corrected chi connectivity index (χ1v) is 5.57. The van der Waals surface area contributed by atoms with Gasteiger partial charge < -0.3 is 0 Å². The molecule has 0 radical (unpaired) electrons. The maximum absolute atomic E-state index is 13.2. The van der Waals surface area contributed by atoms with Gasteiger partial charge in [0.05, 0.1) is 4.83 Å². The quantitative estimate of drug-likeness (QED) is 0.772. The maximum atomic E-state index is 13.2. The van der Waals surface area contributed by atoms with Gasteiger partial charge in [0.1, 0.15) is 17.4 Å². The third kappa shape index (κ3) is 3.38. The highest BCUT2D eigenvalue weighted by Gasteiger charge is 2.15. The van der Waals surface area contributed by atoms with Gasteiger partial charge in [-0.15, -0.1) is 0 Å². The van der Waals surface area contributed by atoms with Crippen LogP contribution in [0.4, 0.5) is 8.78 Å². The molecule has 1 nitrogen and oxygen atoms in total. The molecule has 0 aliphatic carbocycles. The second-order valence-electron chi connectivity index (χ2n) is 3.23. The Balaban J connectivity index is 2.76. The lowest BCUT2D eigenvalue weighted by Crippen LogP contribution is -2.16. The average molecular weight is 277 g/mol. The smallest absolute Gasteiger partial charge is 0.146 e. The standard InChI is InChI=1S/C11H11BrF2O/c1-2-11(15)9(12)5-7-3-4-8(13)6-10(7)14/h3-4,6,9H,2,5H2,1H3. The van der Waals surface area contributed by atoms with E-state index in [9.17, 15) is 13.6 Å². The van der Waals surface area contributed by atoms with Gasteiger partial charge in [-0.05, 0) is 18.1 Å². The summed E-state index contributed by atoms with van der Waals surface area (Å²) >= 11 is 3.18. The molecular weight excluding hydrogens is 266 g/mol. The van der Waals surface area contributed by atoms with Crippen LogP contribution in [0.5, 0.6) is 0 Å². The maximum Gasteiger partial charge on any atom is 0.146 e. The molecule has 0 bridgehead atoms. The van der Waals surface area contributed by atoms with Crippen LogP contribution in [0.15, 0.2) is 18.2 Å². The highest BCUT2D eigenvalue weighted by Crippen LogP contribution is 2.16. The summed E-state index contributed by atoms with van der Waals surface area (Å²) in [4.78, 5) is 10.9. The van der Waals surface area contributed by atoms with Crippen LogP contribution in [0.1, 0.15) is 18.9 Å². The fourth-order valence-corrected chi connectivity index (χ4v) is 1.89. The van der Waals surface area contributed by atoms with Crippen molar-refractivity contribution in [1.29, 1.82) is 0 Å². The van der Waals surface area contributed by atoms with Crippen molar-refractivity contribution in [3.63, 3.8) is 0 Å². The van der Waals surface area contributed by atoms with Gasteiger partial charge in [0, 0.05) is 12.5 Å². The fourth-order valence-electron chi connectivity index (χ4n) is 1.22. The highest BCUT2D eigenvalue weighted by atomic mass is 79.9. The molecule has 0 heterocycles. The highest BCUT2D eigenvalue weighted by molar-refractivity contribution is 9.10. The molecule has 0 aromatic heterocycles. The Morgan fingerprint density at radius 1 is 1.47 bits per heavy atom. The molecule has 1 atom stereocenters. The molecule has 0 amide bonds. The Kier molecular flexibility index (Phi) is 4.39. The molecule has 1 rings (SSSR count). The Morgan fingerprint density at radius 2 is 2.13 bits per heavy atom. The number of hydrogen-bond acceptors (Lipinski definition) is 1. The van der Waals surface area contributed by atoms with Crippen LogP contribution in [-0.2, 0) is 11.2 Å². The number of benzene rings is 1. The van der Waals surface area contributed by atoms with Gasteiger partial charge in [0.25, 0.3) is 0 Å². The predicted molar refractivity (Wildman–Crippen MR) is 58.1 cm³/mol. The van der Waals surface area contributed by atoms with E-state index in [0.29, 0.717) is 12.0 Å². The lowest BCUT2D eigenvalue weighted by molar-refractivity contribution is -0.118. The number of carbonyl (C=O) groups excluding carboxylic acids is 1. The van der Waals surface area contributed by atoms with E-state index >= 15 is 0 Å². The van der Waals surface area contributed by atoms with E-state index in [0.717, 1.165) is 6.07 Å². The van der Waals surface area contributed by atoms with Gasteiger partial charge in [0.15, 0.2) is 0 Å². The van der Waals surface area contributed by atoms with E-state index < -0.39 is 16.5 Å². The lowest BCUT2D eigenvalue weighted by Gasteiger charge is -2.08. The summed E-state index contributed by atoms with van der Waals surface area (Å²) in [5, 5.41) is 0. The van der Waals surface area contributed by atoms with E-state index in [1.165, 1.54) is 12.1 Å². The van der Waals surface area contributed by atoms with Crippen molar-refractivity contribution in [3.8, 4) is 0 Å². The van der Waals surface area contributed by atoms with Crippen LogP contribution in [0.2, 0.25) is 0 Å². The summed E-state index contributed by atoms with van der Waals surface area (Å²) in [7, 11) is 0. The van der Waals surface area contributed by atoms with Crippen molar-refractivity contribution < 1.29 is 13.6 Å². The van der Waals surface area contributed by atoms with Crippen molar-refractivity contribution in [1.82, 2.24) is 0 Å². The molecule has 4 heteroatoms. The summed E-state index contributed by atoms with van der Waals surface area (Å²) in [6, 6.07) is 3.38. The Labute approximate surface area is 95.6 Å². The largest absolute Gasteiger partial charge is 0.298 e. The van der Waals surface area contributed by atoms with Crippen LogP contribution in [0.25, 0.3) is 0 Å². The number of Topliss-reactive ketones (excluding diaryl/α,β-unsaturated/α-hetero) is 1. The van der Waals surface area contributed by atoms with Crippen molar-refractivity contribution in [2.75, 3.05) is 0 Å². The molecule has 0 N–H and O–H groups in total. The topological polar surface area (TPSA) is 17.1 Å². The second kappa shape index (κ2) is 5.35. The zero-order valence-corrected chi connectivity index (χ0v) is 9.85. The number of halogens is 3. The Morgan fingerprint density at radius 3 is 2.67 bits per heavy atom. The summed E-state index contributed by atoms with van der Waals surface area (Å²) in [6.45, 7) is 1.75. The SMILES string of the molecule is CCC(=O)C(Br)Cc1ccc(F)cc1F. The van der Waals surface area contributed by atoms with Gasteiger partial charge in [-0.1, -0.05) is 28.9 Å². The molecular formula is C11H11BrF2O. The number of carbonyl (C=O) groups is 1. The molecule has 1 aromatic carbocycles. The molecule has 0 aliphatic rings. The normalized spacial score (nSPS) is 12.5. The van der Waals surface area contributed by atoms with Crippen molar-refractivity contribution in [2.45, 2.75) is 24.6 Å². The van der Waals surface area contributed by atoms with Gasteiger partial charge >= 0.3 is 0 Å². The third-order valence-corrected chi connectivity index (χ3v) is 2.95. The third-order valence-electron chi connectivity index (χ3n) is 2.11. The molecule has 0 saturated heterocycles. The van der Waals surface area contributed by atoms with Crippen LogP contribution in [0.3, 0.4) is 0 Å². The zero-order chi connectivity index (χ0) is 11.4. The van der Waals surface area contributed by atoms with E-state index in [1.807, 2.05) is 0 Å². The molecule has 0 aliphatic heterocycles. The van der Waals surface area contributed by atoms with Gasteiger partial charge in [-0.2, -0.15) is 0 Å². The van der Waals surface area contributed by atoms with Crippen molar-refractivity contribution in [3.05, 3.63) is 35.4 Å². The zero-order valence-electron chi connectivity index (χ0n) is 8.27. The lowest BCUT2D eigenvalue weighted by atomic mass is 10.1. The first kappa shape index (κ1) is 12.3. The molecule has 1 aromatic rings. The predicted octanol–water partition coefficient (Wildman–Crippen LogP) is 3.25. The van der Waals surface area contributed by atoms with Crippen LogP contribution in [0, 0.1) is 11.6 Å². The monoisotopic (exact) mass is 276 g/mol. The second-order valence-corrected chi connectivity index (χ2v) is 4.33. The summed E-state index contributed by atoms with van der Waals surface area (Å²) in [5.41, 5.74) is 0.347. The van der Waals surface area contributed by atoms with E-state index in [2.05, 4.69) is 15.9 Å². The van der Waals surface area contributed by atoms with Crippen molar-refractivity contribution in [2.24, 2.45) is 0 Å². The number of alkyl halides is 1. The molecule has 0 saturated carbocycles. The molecule has 82 valence electrons. The van der Waals surface area contributed by atoms with E-state index in [1.54, 1.807) is 6.92 Å². The minimum Gasteiger partial charge on any atom is -0.298 e. The Hall–Kier alpha value is -0.770. The van der Waals surface area contributed by atoms with Crippen LogP contribution in [-0.4, -0.2) is 10.6 Å². The summed E-state index contributed by atoms with van der Waals surface area (Å²) in [5.74, 6) is -1.20. The Bertz CT molecular complexity index is 366. The average Bonchev–Trinajstić information content (AvgIpc) is 2.20. The van der Waals surface area contributed by atoms with Gasteiger partial charge in [-0.3, -0.25) is 4.79 Å². The molecule has 1 unspecified atom stereocenters. The summed E-state index contributed by atoms with van der Waals surface area (Å²) in [6.07, 6.45) is 0.650. The molecule has 0 fully saturated rings. The van der Waals surface area contributed by atoms with Crippen LogP contribution >= 0.6 is 15.9 Å². The molecule has 0 spiro atoms. The number of ketones is 1. The van der Waals surface area contributed by atoms with Crippen molar-refractivity contribution >= 4 is 21.7 Å². The molecule has 15 heavy (non-hydrogen) atoms. The van der Waals surface area contributed by atoms with Gasteiger partial charge in [0.2, 0.25) is 0 Å². The minimum atomic E-state index is -0.608. The number of hydrogen-bond donors (Lipinski definition) is 0. The van der Waals surface area contributed by atoms with E-state index in [-0.39, 0.29) is 12.2 Å². The first-order valence-electron chi connectivity index (χ1n) is 4.65. The summed E-state index contributed by atoms with van der Waals surface area (Å²) < 4.78 is 25.8. The van der Waals surface area contributed by atoms with Gasteiger partial charge in [-0.25, -0.2) is 8.78 Å². The number of rotatable bonds is 4. The fraction of sp³-hybridized carbons (Fsp3) is 0.364.